The number of para-hydroxylation sites is 2. The van der Waals surface area contributed by atoms with Crippen LogP contribution in [0.1, 0.15) is 5.56 Å². The summed E-state index contributed by atoms with van der Waals surface area (Å²) in [7, 11) is 0. The Morgan fingerprint density at radius 2 is 1.85 bits per heavy atom. The molecule has 2 N–H and O–H groups in total. The number of nitrogens with one attached hydrogen (secondary N) is 1. The van der Waals surface area contributed by atoms with Crippen LogP contribution >= 0.6 is 0 Å². The molecule has 0 unspecified atom stereocenters. The van der Waals surface area contributed by atoms with E-state index >= 15 is 0 Å². The number of aromatic hydroxyl groups is 1. The second kappa shape index (κ2) is 6.94. The Labute approximate surface area is 116 Å². The number of rotatable bonds is 5. The number of hydrogen-bond acceptors (Lipinski definition) is 4. The molecule has 102 valence electrons. The molecular weight excluding hydrogens is 256 g/mol. The van der Waals surface area contributed by atoms with Gasteiger partial charge in [0.25, 0.3) is 5.91 Å². The van der Waals surface area contributed by atoms with Crippen molar-refractivity contribution in [2.24, 2.45) is 5.10 Å². The van der Waals surface area contributed by atoms with Gasteiger partial charge < -0.3 is 9.84 Å². The maximum Gasteiger partial charge on any atom is 0.277 e. The lowest BCUT2D eigenvalue weighted by atomic mass is 10.2. The Bertz CT molecular complexity index is 597. The van der Waals surface area contributed by atoms with Crippen LogP contribution < -0.4 is 10.2 Å². The Morgan fingerprint density at radius 1 is 1.15 bits per heavy atom. The highest BCUT2D eigenvalue weighted by Crippen LogP contribution is 2.12. The summed E-state index contributed by atoms with van der Waals surface area (Å²) in [6, 6.07) is 15.7. The van der Waals surface area contributed by atoms with Gasteiger partial charge in [0.1, 0.15) is 11.5 Å². The molecule has 20 heavy (non-hydrogen) atoms. The van der Waals surface area contributed by atoms with Crippen molar-refractivity contribution in [1.29, 1.82) is 0 Å². The average molecular weight is 270 g/mol. The highest BCUT2D eigenvalue weighted by molar-refractivity contribution is 5.85. The summed E-state index contributed by atoms with van der Waals surface area (Å²) < 4.78 is 5.26. The number of benzene rings is 2. The molecule has 0 radical (unpaired) electrons. The SMILES string of the molecule is O=C(COc1ccccc1)N/N=C\c1ccccc1O. The van der Waals surface area contributed by atoms with Gasteiger partial charge in [-0.05, 0) is 24.3 Å². The largest absolute Gasteiger partial charge is 0.507 e. The molecule has 0 aliphatic rings. The van der Waals surface area contributed by atoms with Crippen LogP contribution in [0.15, 0.2) is 59.7 Å². The van der Waals surface area contributed by atoms with E-state index in [1.165, 1.54) is 6.21 Å². The van der Waals surface area contributed by atoms with Crippen molar-refractivity contribution in [3.63, 3.8) is 0 Å². The van der Waals surface area contributed by atoms with Crippen molar-refractivity contribution in [2.45, 2.75) is 0 Å². The zero-order valence-electron chi connectivity index (χ0n) is 10.7. The van der Waals surface area contributed by atoms with Crippen molar-refractivity contribution < 1.29 is 14.6 Å². The minimum atomic E-state index is -0.375. The van der Waals surface area contributed by atoms with Gasteiger partial charge in [-0.2, -0.15) is 5.10 Å². The van der Waals surface area contributed by atoms with Crippen molar-refractivity contribution in [3.05, 3.63) is 60.2 Å². The highest BCUT2D eigenvalue weighted by Gasteiger charge is 2.01. The third kappa shape index (κ3) is 4.13. The fraction of sp³-hybridized carbons (Fsp3) is 0.0667. The smallest absolute Gasteiger partial charge is 0.277 e. The molecule has 0 fully saturated rings. The Balaban J connectivity index is 1.79. The van der Waals surface area contributed by atoms with E-state index in [0.29, 0.717) is 11.3 Å². The highest BCUT2D eigenvalue weighted by atomic mass is 16.5. The van der Waals surface area contributed by atoms with Gasteiger partial charge in [0.15, 0.2) is 6.61 Å². The molecule has 0 saturated heterocycles. The van der Waals surface area contributed by atoms with Crippen LogP contribution in [0.5, 0.6) is 11.5 Å². The van der Waals surface area contributed by atoms with Crippen LogP contribution in [0.2, 0.25) is 0 Å². The van der Waals surface area contributed by atoms with E-state index in [2.05, 4.69) is 10.5 Å². The Kier molecular flexibility index (Phi) is 4.72. The minimum absolute atomic E-state index is 0.103. The van der Waals surface area contributed by atoms with Crippen molar-refractivity contribution >= 4 is 12.1 Å². The summed E-state index contributed by atoms with van der Waals surface area (Å²) >= 11 is 0. The molecule has 5 heteroatoms. The molecule has 2 aromatic rings. The van der Waals surface area contributed by atoms with Gasteiger partial charge in [-0.15, -0.1) is 0 Å². The summed E-state index contributed by atoms with van der Waals surface area (Å²) in [5, 5.41) is 13.2. The minimum Gasteiger partial charge on any atom is -0.507 e. The van der Waals surface area contributed by atoms with Gasteiger partial charge in [0, 0.05) is 5.56 Å². The van der Waals surface area contributed by atoms with E-state index in [-0.39, 0.29) is 18.3 Å². The first-order valence-corrected chi connectivity index (χ1v) is 6.03. The first-order chi connectivity index (χ1) is 9.75. The van der Waals surface area contributed by atoms with E-state index in [4.69, 9.17) is 4.74 Å². The monoisotopic (exact) mass is 270 g/mol. The lowest BCUT2D eigenvalue weighted by Gasteiger charge is -2.04. The molecule has 2 aromatic carbocycles. The molecule has 1 amide bonds. The predicted octanol–water partition coefficient (Wildman–Crippen LogP) is 1.92. The van der Waals surface area contributed by atoms with Crippen LogP contribution in [-0.2, 0) is 4.79 Å². The van der Waals surface area contributed by atoms with Gasteiger partial charge in [-0.3, -0.25) is 4.79 Å². The number of carbonyl (C=O) groups excluding carboxylic acids is 1. The van der Waals surface area contributed by atoms with Crippen LogP contribution in [0, 0.1) is 0 Å². The van der Waals surface area contributed by atoms with E-state index in [1.807, 2.05) is 18.2 Å². The number of ether oxygens (including phenoxy) is 1. The lowest BCUT2D eigenvalue weighted by molar-refractivity contribution is -0.123. The standard InChI is InChI=1S/C15H14N2O3/c18-14-9-5-4-6-12(14)10-16-17-15(19)11-20-13-7-2-1-3-8-13/h1-10,18H,11H2,(H,17,19)/b16-10-. The second-order valence-electron chi connectivity index (χ2n) is 3.95. The van der Waals surface area contributed by atoms with Crippen LogP contribution in [0.25, 0.3) is 0 Å². The molecule has 0 heterocycles. The van der Waals surface area contributed by atoms with Crippen LogP contribution in [-0.4, -0.2) is 23.8 Å². The average Bonchev–Trinajstić information content (AvgIpc) is 2.48. The van der Waals surface area contributed by atoms with E-state index in [0.717, 1.165) is 0 Å². The van der Waals surface area contributed by atoms with Gasteiger partial charge in [-0.1, -0.05) is 30.3 Å². The number of nitrogens with zero attached hydrogens (tertiary/aromatic N) is 1. The molecular formula is C15H14N2O3. The zero-order valence-corrected chi connectivity index (χ0v) is 10.7. The molecule has 5 nitrogen and oxygen atoms in total. The third-order valence-electron chi connectivity index (χ3n) is 2.44. The summed E-state index contributed by atoms with van der Waals surface area (Å²) in [5.41, 5.74) is 2.85. The number of phenols is 1. The van der Waals surface area contributed by atoms with Crippen LogP contribution in [0.4, 0.5) is 0 Å². The fourth-order valence-corrected chi connectivity index (χ4v) is 1.47. The quantitative estimate of drug-likeness (QED) is 0.644. The van der Waals surface area contributed by atoms with E-state index in [9.17, 15) is 9.90 Å². The molecule has 0 atom stereocenters. The number of carbonyl (C=O) groups is 1. The second-order valence-corrected chi connectivity index (χ2v) is 3.95. The summed E-state index contributed by atoms with van der Waals surface area (Å²) in [6.07, 6.45) is 1.37. The van der Waals surface area contributed by atoms with Crippen molar-refractivity contribution in [1.82, 2.24) is 5.43 Å². The van der Waals surface area contributed by atoms with Gasteiger partial charge in [0.2, 0.25) is 0 Å². The van der Waals surface area contributed by atoms with Gasteiger partial charge in [0.05, 0.1) is 6.21 Å². The third-order valence-corrected chi connectivity index (χ3v) is 2.44. The summed E-state index contributed by atoms with van der Waals surface area (Å²) in [4.78, 5) is 11.5. The number of hydrazone groups is 1. The molecule has 0 spiro atoms. The topological polar surface area (TPSA) is 70.9 Å². The maximum atomic E-state index is 11.5. The summed E-state index contributed by atoms with van der Waals surface area (Å²) in [5.74, 6) is 0.346. The first-order valence-electron chi connectivity index (χ1n) is 6.03. The molecule has 0 bridgehead atoms. The zero-order chi connectivity index (χ0) is 14.2. The first kappa shape index (κ1) is 13.6. The molecule has 0 aromatic heterocycles. The molecule has 0 aliphatic heterocycles. The maximum absolute atomic E-state index is 11.5. The molecule has 0 saturated carbocycles. The molecule has 2 rings (SSSR count). The normalized spacial score (nSPS) is 10.4. The fourth-order valence-electron chi connectivity index (χ4n) is 1.47. The molecule has 0 aliphatic carbocycles. The predicted molar refractivity (Wildman–Crippen MR) is 75.8 cm³/mol. The van der Waals surface area contributed by atoms with Crippen molar-refractivity contribution in [2.75, 3.05) is 6.61 Å². The van der Waals surface area contributed by atoms with E-state index in [1.54, 1.807) is 36.4 Å². The lowest BCUT2D eigenvalue weighted by Crippen LogP contribution is -2.24. The number of hydrogen-bond donors (Lipinski definition) is 2. The van der Waals surface area contributed by atoms with Crippen LogP contribution in [0.3, 0.4) is 0 Å². The van der Waals surface area contributed by atoms with Crippen molar-refractivity contribution in [3.8, 4) is 11.5 Å². The Morgan fingerprint density at radius 3 is 2.60 bits per heavy atom. The summed E-state index contributed by atoms with van der Waals surface area (Å²) in [6.45, 7) is -0.123. The number of amides is 1. The van der Waals surface area contributed by atoms with Gasteiger partial charge >= 0.3 is 0 Å². The number of phenolic OH excluding ortho intramolecular Hbond substituents is 1. The van der Waals surface area contributed by atoms with Gasteiger partial charge in [-0.25, -0.2) is 5.43 Å². The Hall–Kier alpha value is -2.82. The van der Waals surface area contributed by atoms with E-state index < -0.39 is 0 Å².